The second-order valence-corrected chi connectivity index (χ2v) is 21.4. The van der Waals surface area contributed by atoms with Gasteiger partial charge in [0.1, 0.15) is 0 Å². The first-order valence-corrected chi connectivity index (χ1v) is 27.1. The van der Waals surface area contributed by atoms with E-state index in [9.17, 15) is 0 Å². The smallest absolute Gasteiger partial charge is 0.0640 e. The van der Waals surface area contributed by atoms with Gasteiger partial charge in [0.15, 0.2) is 0 Å². The first-order valence-electron chi connectivity index (χ1n) is 25.5. The fraction of sp³-hybridized carbons (Fsp3) is 0. The van der Waals surface area contributed by atoms with E-state index in [4.69, 9.17) is 0 Å². The number of hydrogen-bond donors (Lipinski definition) is 0. The molecule has 0 aliphatic rings. The van der Waals surface area contributed by atoms with Gasteiger partial charge in [0, 0.05) is 75.5 Å². The van der Waals surface area contributed by atoms with Crippen LogP contribution < -0.4 is 9.80 Å². The van der Waals surface area contributed by atoms with Crippen molar-refractivity contribution in [1.82, 2.24) is 4.57 Å². The fourth-order valence-electron chi connectivity index (χ4n) is 11.5. The highest BCUT2D eigenvalue weighted by molar-refractivity contribution is 7.27. The highest BCUT2D eigenvalue weighted by Crippen LogP contribution is 2.51. The minimum Gasteiger partial charge on any atom is -0.310 e. The maximum absolute atomic E-state index is 2.55. The van der Waals surface area contributed by atoms with E-state index in [-0.39, 0.29) is 0 Å². The molecule has 0 bridgehead atoms. The van der Waals surface area contributed by atoms with E-state index in [1.54, 1.807) is 0 Å². The highest BCUT2D eigenvalue weighted by atomic mass is 32.1. The van der Waals surface area contributed by atoms with Crippen molar-refractivity contribution in [3.63, 3.8) is 0 Å². The lowest BCUT2D eigenvalue weighted by atomic mass is 9.99. The Kier molecular flexibility index (Phi) is 10.3. The summed E-state index contributed by atoms with van der Waals surface area (Å²) in [4.78, 5) is 4.99. The predicted molar refractivity (Wildman–Crippen MR) is 324 cm³/mol. The normalized spacial score (nSPS) is 11.7. The monoisotopic (exact) mass is 991 g/mol. The van der Waals surface area contributed by atoms with Crippen molar-refractivity contribution < 1.29 is 0 Å². The molecule has 3 heterocycles. The number of nitrogens with zero attached hydrogens (tertiary/aromatic N) is 3. The van der Waals surface area contributed by atoms with Gasteiger partial charge in [-0.2, -0.15) is 0 Å². The van der Waals surface area contributed by atoms with Crippen molar-refractivity contribution in [2.45, 2.75) is 0 Å². The molecule has 0 fully saturated rings. The molecule has 0 N–H and O–H groups in total. The van der Waals surface area contributed by atoms with Gasteiger partial charge in [-0.15, -0.1) is 22.7 Å². The number of fused-ring (bicyclic) bond motifs is 11. The lowest BCUT2D eigenvalue weighted by Gasteiger charge is -2.31. The Labute approximate surface area is 442 Å². The third-order valence-corrected chi connectivity index (χ3v) is 17.3. The molecule has 352 valence electrons. The molecule has 3 nitrogen and oxygen atoms in total. The molecule has 0 aliphatic heterocycles. The predicted octanol–water partition coefficient (Wildman–Crippen LogP) is 20.9. The van der Waals surface area contributed by atoms with Crippen molar-refractivity contribution in [3.8, 4) is 27.9 Å². The van der Waals surface area contributed by atoms with Gasteiger partial charge in [-0.05, 0) is 113 Å². The topological polar surface area (TPSA) is 11.4 Å². The van der Waals surface area contributed by atoms with Crippen LogP contribution in [-0.4, -0.2) is 4.57 Å². The lowest BCUT2D eigenvalue weighted by Crippen LogP contribution is -2.14. The molecule has 0 amide bonds. The molecule has 15 aromatic rings. The van der Waals surface area contributed by atoms with Crippen LogP contribution in [0.5, 0.6) is 0 Å². The Bertz CT molecular complexity index is 4550. The van der Waals surface area contributed by atoms with Gasteiger partial charge < -0.3 is 14.4 Å². The van der Waals surface area contributed by atoms with Gasteiger partial charge in [-0.1, -0.05) is 188 Å². The van der Waals surface area contributed by atoms with Crippen molar-refractivity contribution in [1.29, 1.82) is 0 Å². The molecule has 0 aliphatic carbocycles. The van der Waals surface area contributed by atoms with Crippen LogP contribution in [-0.2, 0) is 0 Å². The Morgan fingerprint density at radius 3 is 1.48 bits per heavy atom. The van der Waals surface area contributed by atoms with Gasteiger partial charge in [0.2, 0.25) is 0 Å². The van der Waals surface area contributed by atoms with E-state index in [0.717, 1.165) is 62.0 Å². The first kappa shape index (κ1) is 43.3. The molecule has 0 atom stereocenters. The number of hydrogen-bond acceptors (Lipinski definition) is 4. The summed E-state index contributed by atoms with van der Waals surface area (Å²) in [6.07, 6.45) is 0. The average Bonchev–Trinajstić information content (AvgIpc) is 4.22. The summed E-state index contributed by atoms with van der Waals surface area (Å²) in [7, 11) is 0. The van der Waals surface area contributed by atoms with E-state index in [1.165, 1.54) is 73.0 Å². The number of anilines is 6. The quantitative estimate of drug-likeness (QED) is 0.143. The standard InChI is InChI=1S/C70H45N3S2/c1-4-19-46(20-5-1)48-22-16-27-53(41-48)71(51-23-6-2-7-24-51)54-42-50(49-38-39-57-60-40-37-47-21-10-11-28-56(47)68(60)73(65(57)44-49)52-25-8-3-9-26-52)43-55(45-54)72(63-33-17-31-61-58-29-12-14-35-66(58)74-69(61)63)64-34-18-32-62-59-30-13-15-36-67(59)75-70(62)64/h1-45H. The van der Waals surface area contributed by atoms with Crippen LogP contribution in [0.25, 0.3) is 101 Å². The van der Waals surface area contributed by atoms with Gasteiger partial charge in [-0.3, -0.25) is 0 Å². The van der Waals surface area contributed by atoms with Crippen LogP contribution in [0.3, 0.4) is 0 Å². The van der Waals surface area contributed by atoms with Gasteiger partial charge >= 0.3 is 0 Å². The molecule has 0 unspecified atom stereocenters. The zero-order chi connectivity index (χ0) is 49.4. The summed E-state index contributed by atoms with van der Waals surface area (Å²) in [5.41, 5.74) is 14.6. The highest BCUT2D eigenvalue weighted by Gasteiger charge is 2.25. The second kappa shape index (κ2) is 17.7. The molecule has 0 spiro atoms. The number of rotatable bonds is 9. The number of thiophene rings is 2. The Hall–Kier alpha value is -9.26. The Morgan fingerprint density at radius 1 is 0.280 bits per heavy atom. The maximum atomic E-state index is 2.55. The van der Waals surface area contributed by atoms with Crippen molar-refractivity contribution in [2.75, 3.05) is 9.80 Å². The summed E-state index contributed by atoms with van der Waals surface area (Å²) >= 11 is 3.75. The molecular formula is C70H45N3S2. The van der Waals surface area contributed by atoms with Gasteiger partial charge in [0.05, 0.1) is 31.8 Å². The number of benzene rings is 12. The summed E-state index contributed by atoms with van der Waals surface area (Å²) in [6, 6.07) is 100. The summed E-state index contributed by atoms with van der Waals surface area (Å²) in [5.74, 6) is 0. The maximum Gasteiger partial charge on any atom is 0.0640 e. The second-order valence-electron chi connectivity index (χ2n) is 19.3. The lowest BCUT2D eigenvalue weighted by molar-refractivity contribution is 1.19. The van der Waals surface area contributed by atoms with E-state index < -0.39 is 0 Å². The molecule has 12 aromatic carbocycles. The SMILES string of the molecule is c1ccc(-c2cccc(N(c3ccccc3)c3cc(-c4ccc5c6ccc7ccccc7c6n(-c6ccccc6)c5c4)cc(N(c4cccc5c4sc4ccccc45)c4cccc5c4sc4ccccc45)c3)c2)cc1. The average molecular weight is 992 g/mol. The van der Waals surface area contributed by atoms with Gasteiger partial charge in [-0.25, -0.2) is 0 Å². The minimum absolute atomic E-state index is 1.05. The Morgan fingerprint density at radius 2 is 0.787 bits per heavy atom. The molecule has 0 radical (unpaired) electrons. The molecular weight excluding hydrogens is 947 g/mol. The van der Waals surface area contributed by atoms with Crippen LogP contribution in [0.2, 0.25) is 0 Å². The van der Waals surface area contributed by atoms with E-state index in [0.29, 0.717) is 0 Å². The fourth-order valence-corrected chi connectivity index (χ4v) is 13.9. The molecule has 0 saturated heterocycles. The molecule has 5 heteroatoms. The minimum atomic E-state index is 1.05. The van der Waals surface area contributed by atoms with E-state index in [2.05, 4.69) is 287 Å². The molecule has 75 heavy (non-hydrogen) atoms. The van der Waals surface area contributed by atoms with E-state index >= 15 is 0 Å². The molecule has 15 rings (SSSR count). The first-order chi connectivity index (χ1) is 37.2. The Balaban J connectivity index is 1.05. The summed E-state index contributed by atoms with van der Waals surface area (Å²) in [5, 5.41) is 9.98. The number of para-hydroxylation sites is 2. The van der Waals surface area contributed by atoms with Crippen LogP contribution in [0.15, 0.2) is 273 Å². The number of aromatic nitrogens is 1. The largest absolute Gasteiger partial charge is 0.310 e. The van der Waals surface area contributed by atoms with Crippen LogP contribution in [0, 0.1) is 0 Å². The van der Waals surface area contributed by atoms with Crippen LogP contribution >= 0.6 is 22.7 Å². The van der Waals surface area contributed by atoms with E-state index in [1.807, 2.05) is 22.7 Å². The zero-order valence-corrected chi connectivity index (χ0v) is 42.3. The van der Waals surface area contributed by atoms with Gasteiger partial charge in [0.25, 0.3) is 0 Å². The van der Waals surface area contributed by atoms with Crippen molar-refractivity contribution in [2.24, 2.45) is 0 Å². The van der Waals surface area contributed by atoms with Crippen LogP contribution in [0.4, 0.5) is 34.1 Å². The van der Waals surface area contributed by atoms with Crippen LogP contribution in [0.1, 0.15) is 0 Å². The molecule has 3 aromatic heterocycles. The third kappa shape index (κ3) is 7.23. The summed E-state index contributed by atoms with van der Waals surface area (Å²) in [6.45, 7) is 0. The summed E-state index contributed by atoms with van der Waals surface area (Å²) < 4.78 is 7.53. The zero-order valence-electron chi connectivity index (χ0n) is 40.6. The van der Waals surface area contributed by atoms with Crippen molar-refractivity contribution >= 4 is 130 Å². The van der Waals surface area contributed by atoms with Crippen molar-refractivity contribution in [3.05, 3.63) is 273 Å². The molecule has 0 saturated carbocycles. The third-order valence-electron chi connectivity index (χ3n) is 14.9.